The number of hydrogen-bond donors (Lipinski definition) is 0. The highest BCUT2D eigenvalue weighted by Crippen LogP contribution is 2.09. The van der Waals surface area contributed by atoms with Gasteiger partial charge in [0.2, 0.25) is 0 Å². The highest BCUT2D eigenvalue weighted by molar-refractivity contribution is 5.77. The maximum absolute atomic E-state index is 8.49. The second-order valence-electron chi connectivity index (χ2n) is 4.48. The van der Waals surface area contributed by atoms with Gasteiger partial charge in [-0.25, -0.2) is 23.2 Å². The van der Waals surface area contributed by atoms with Crippen molar-refractivity contribution in [2.75, 3.05) is 6.54 Å². The summed E-state index contributed by atoms with van der Waals surface area (Å²) in [6, 6.07) is 10.7. The molecule has 0 N–H and O–H groups in total. The number of rotatable bonds is 2. The Labute approximate surface area is 115 Å². The van der Waals surface area contributed by atoms with Gasteiger partial charge in [0.05, 0.1) is 0 Å². The minimum atomic E-state index is -4.94. The minimum Gasteiger partial charge on any atom is -0.233 e. The van der Waals surface area contributed by atoms with Crippen molar-refractivity contribution in [2.24, 2.45) is 0 Å². The molecule has 19 heavy (non-hydrogen) atoms. The van der Waals surface area contributed by atoms with E-state index in [9.17, 15) is 0 Å². The van der Waals surface area contributed by atoms with Crippen molar-refractivity contribution in [2.45, 2.75) is 32.7 Å². The van der Waals surface area contributed by atoms with Gasteiger partial charge in [-0.15, -0.1) is 10.2 Å². The van der Waals surface area contributed by atoms with Gasteiger partial charge < -0.3 is 0 Å². The first-order valence-electron chi connectivity index (χ1n) is 6.09. The smallest absolute Gasteiger partial charge is 0.168 e. The fraction of sp³-hybridized carbons (Fsp3) is 0.462. The molecule has 0 aliphatic carbocycles. The monoisotopic (exact) mass is 287 g/mol. The SMILES string of the molecule is CC1=[N+](Cc2ccccc2)CCCC1.[O-][Cl+3]([O-])([O-])[O-]. The summed E-state index contributed by atoms with van der Waals surface area (Å²) in [5.41, 5.74) is 2.98. The van der Waals surface area contributed by atoms with E-state index in [-0.39, 0.29) is 0 Å². The average Bonchev–Trinajstić information content (AvgIpc) is 2.31. The van der Waals surface area contributed by atoms with Crippen LogP contribution >= 0.6 is 0 Å². The highest BCUT2D eigenvalue weighted by atomic mass is 35.7. The zero-order valence-corrected chi connectivity index (χ0v) is 11.6. The maximum atomic E-state index is 8.49. The number of halogens is 1. The van der Waals surface area contributed by atoms with Crippen LogP contribution in [0, 0.1) is 10.2 Å². The maximum Gasteiger partial charge on any atom is 0.168 e. The van der Waals surface area contributed by atoms with E-state index >= 15 is 0 Å². The Morgan fingerprint density at radius 3 is 2.16 bits per heavy atom. The minimum absolute atomic E-state index is 1.09. The molecule has 0 fully saturated rings. The van der Waals surface area contributed by atoms with Gasteiger partial charge >= 0.3 is 0 Å². The Bertz CT molecular complexity index is 408. The van der Waals surface area contributed by atoms with Crippen LogP contribution in [0.2, 0.25) is 0 Å². The molecule has 0 radical (unpaired) electrons. The first-order valence-corrected chi connectivity index (χ1v) is 7.33. The Morgan fingerprint density at radius 1 is 1.05 bits per heavy atom. The van der Waals surface area contributed by atoms with Gasteiger partial charge in [0.1, 0.15) is 12.3 Å². The molecule has 0 atom stereocenters. The van der Waals surface area contributed by atoms with Crippen molar-refractivity contribution < 1.29 is 33.5 Å². The molecule has 0 amide bonds. The molecule has 106 valence electrons. The molecule has 0 bridgehead atoms. The Kier molecular flexibility index (Phi) is 6.41. The van der Waals surface area contributed by atoms with Crippen LogP contribution in [0.25, 0.3) is 0 Å². The summed E-state index contributed by atoms with van der Waals surface area (Å²) in [6.07, 6.45) is 4.01. The molecule has 6 heteroatoms. The van der Waals surface area contributed by atoms with Crippen LogP contribution in [0.3, 0.4) is 0 Å². The molecular weight excluding hydrogens is 270 g/mol. The van der Waals surface area contributed by atoms with E-state index in [0.717, 1.165) is 6.54 Å². The molecule has 0 spiro atoms. The first kappa shape index (κ1) is 16.1. The van der Waals surface area contributed by atoms with E-state index in [1.54, 1.807) is 5.71 Å². The van der Waals surface area contributed by atoms with E-state index < -0.39 is 10.2 Å². The van der Waals surface area contributed by atoms with Gasteiger partial charge in [-0.1, -0.05) is 30.3 Å². The number of nitrogens with zero attached hydrogens (tertiary/aromatic N) is 1. The third-order valence-corrected chi connectivity index (χ3v) is 2.97. The second-order valence-corrected chi connectivity index (χ2v) is 5.23. The molecule has 0 saturated carbocycles. The quantitative estimate of drug-likeness (QED) is 0.593. The van der Waals surface area contributed by atoms with Gasteiger partial charge in [-0.2, -0.15) is 0 Å². The Hall–Kier alpha value is -0.980. The lowest BCUT2D eigenvalue weighted by molar-refractivity contribution is -2.00. The number of benzene rings is 1. The van der Waals surface area contributed by atoms with Crippen LogP contribution in [-0.4, -0.2) is 16.8 Å². The second kappa shape index (κ2) is 7.57. The van der Waals surface area contributed by atoms with Gasteiger partial charge in [-0.3, -0.25) is 0 Å². The van der Waals surface area contributed by atoms with E-state index in [1.165, 1.54) is 31.4 Å². The summed E-state index contributed by atoms with van der Waals surface area (Å²) in [5.74, 6) is 0. The predicted molar refractivity (Wildman–Crippen MR) is 59.8 cm³/mol. The third kappa shape index (κ3) is 7.92. The fourth-order valence-corrected chi connectivity index (χ4v) is 2.05. The molecule has 1 aromatic carbocycles. The average molecular weight is 288 g/mol. The van der Waals surface area contributed by atoms with Crippen LogP contribution in [0.15, 0.2) is 30.3 Å². The van der Waals surface area contributed by atoms with E-state index in [2.05, 4.69) is 41.8 Å². The standard InChI is InChI=1S/C13H18N.ClHO4/c1-12-7-5-6-10-14(12)11-13-8-3-2-4-9-13;2-1(3,4)5/h2-4,8-9H,5-7,10-11H2,1H3;(H,2,3,4,5)/q+1;/p-1. The molecule has 5 nitrogen and oxygen atoms in total. The molecule has 0 unspecified atom stereocenters. The summed E-state index contributed by atoms with van der Waals surface area (Å²) < 4.78 is 36.5. The van der Waals surface area contributed by atoms with Crippen molar-refractivity contribution in [3.63, 3.8) is 0 Å². The number of hydrogen-bond acceptors (Lipinski definition) is 4. The van der Waals surface area contributed by atoms with Crippen LogP contribution in [0.1, 0.15) is 31.7 Å². The van der Waals surface area contributed by atoms with Gasteiger partial charge in [-0.05, 0) is 6.42 Å². The third-order valence-electron chi connectivity index (χ3n) is 2.97. The largest absolute Gasteiger partial charge is 0.233 e. The zero-order valence-electron chi connectivity index (χ0n) is 10.9. The molecular formula is C13H18ClNO4. The predicted octanol–water partition coefficient (Wildman–Crippen LogP) is -1.91. The van der Waals surface area contributed by atoms with Crippen LogP contribution in [0.4, 0.5) is 0 Å². The van der Waals surface area contributed by atoms with Crippen LogP contribution < -0.4 is 18.6 Å². The molecule has 1 aromatic rings. The summed E-state index contributed by atoms with van der Waals surface area (Å²) >= 11 is 0. The van der Waals surface area contributed by atoms with Gasteiger partial charge in [0, 0.05) is 25.3 Å². The summed E-state index contributed by atoms with van der Waals surface area (Å²) in [5, 5.41) is 0. The molecule has 1 aliphatic rings. The Morgan fingerprint density at radius 2 is 1.63 bits per heavy atom. The van der Waals surface area contributed by atoms with Crippen molar-refractivity contribution in [3.05, 3.63) is 35.9 Å². The zero-order chi connectivity index (χ0) is 14.3. The van der Waals surface area contributed by atoms with Crippen molar-refractivity contribution in [1.29, 1.82) is 0 Å². The van der Waals surface area contributed by atoms with Crippen molar-refractivity contribution in [3.8, 4) is 0 Å². The normalized spacial score (nSPS) is 15.8. The molecule has 1 heterocycles. The van der Waals surface area contributed by atoms with Crippen molar-refractivity contribution in [1.82, 2.24) is 0 Å². The molecule has 1 aliphatic heterocycles. The topological polar surface area (TPSA) is 95.2 Å². The van der Waals surface area contributed by atoms with E-state index in [0.29, 0.717) is 0 Å². The molecule has 2 rings (SSSR count). The summed E-state index contributed by atoms with van der Waals surface area (Å²) in [6.45, 7) is 4.59. The van der Waals surface area contributed by atoms with Gasteiger partial charge in [0.15, 0.2) is 6.54 Å². The lowest BCUT2D eigenvalue weighted by Crippen LogP contribution is -2.68. The lowest BCUT2D eigenvalue weighted by atomic mass is 10.1. The van der Waals surface area contributed by atoms with Crippen LogP contribution in [-0.2, 0) is 6.54 Å². The fourth-order valence-electron chi connectivity index (χ4n) is 2.05. The first-order chi connectivity index (χ1) is 8.86. The Balaban J connectivity index is 0.000000312. The van der Waals surface area contributed by atoms with Crippen molar-refractivity contribution >= 4 is 5.71 Å². The van der Waals surface area contributed by atoms with Crippen LogP contribution in [0.5, 0.6) is 0 Å². The summed E-state index contributed by atoms with van der Waals surface area (Å²) in [7, 11) is -4.94. The molecule has 0 aromatic heterocycles. The van der Waals surface area contributed by atoms with Gasteiger partial charge in [0.25, 0.3) is 0 Å². The highest BCUT2D eigenvalue weighted by Gasteiger charge is 2.15. The van der Waals surface area contributed by atoms with E-state index in [4.69, 9.17) is 18.6 Å². The summed E-state index contributed by atoms with van der Waals surface area (Å²) in [4.78, 5) is 0. The van der Waals surface area contributed by atoms with E-state index in [1.807, 2.05) is 0 Å². The molecule has 0 saturated heterocycles. The lowest BCUT2D eigenvalue weighted by Gasteiger charge is -2.17.